The van der Waals surface area contributed by atoms with Crippen molar-refractivity contribution in [1.82, 2.24) is 10.2 Å². The maximum absolute atomic E-state index is 5.95. The first-order chi connectivity index (χ1) is 10.7. The number of benzene rings is 1. The number of likely N-dealkylation sites (N-methyl/N-ethyl adjacent to an activating group) is 1. The Hall–Kier alpha value is -0.470. The molecule has 6 heteroatoms. The monoisotopic (exact) mass is 448 g/mol. The van der Waals surface area contributed by atoms with Crippen LogP contribution >= 0.6 is 35.7 Å². The van der Waals surface area contributed by atoms with Crippen LogP contribution in [-0.2, 0) is 0 Å². The molecule has 0 aliphatic carbocycles. The fourth-order valence-electron chi connectivity index (χ4n) is 2.76. The van der Waals surface area contributed by atoms with Crippen LogP contribution < -0.4 is 11.1 Å². The van der Waals surface area contributed by atoms with E-state index in [0.29, 0.717) is 12.0 Å². The molecular formula is C17H29IN4S. The summed E-state index contributed by atoms with van der Waals surface area (Å²) in [5, 5.41) is 3.21. The number of rotatable bonds is 7. The predicted molar refractivity (Wildman–Crippen MR) is 112 cm³/mol. The van der Waals surface area contributed by atoms with Crippen molar-refractivity contribution < 1.29 is 0 Å². The van der Waals surface area contributed by atoms with Crippen molar-refractivity contribution in [2.75, 3.05) is 31.9 Å². The van der Waals surface area contributed by atoms with Crippen molar-refractivity contribution in [2.24, 2.45) is 10.7 Å². The molecule has 0 spiro atoms. The fourth-order valence-corrected chi connectivity index (χ4v) is 3.53. The van der Waals surface area contributed by atoms with Gasteiger partial charge in [0.2, 0.25) is 0 Å². The van der Waals surface area contributed by atoms with Gasteiger partial charge in [0.25, 0.3) is 0 Å². The smallest absolute Gasteiger partial charge is 0.188 e. The molecule has 1 aromatic rings. The summed E-state index contributed by atoms with van der Waals surface area (Å²) in [5.74, 6) is 1.57. The van der Waals surface area contributed by atoms with Crippen LogP contribution in [-0.4, -0.2) is 48.8 Å². The lowest BCUT2D eigenvalue weighted by Crippen LogP contribution is -2.36. The van der Waals surface area contributed by atoms with Gasteiger partial charge in [-0.2, -0.15) is 0 Å². The van der Waals surface area contributed by atoms with E-state index in [4.69, 9.17) is 5.73 Å². The molecule has 0 radical (unpaired) electrons. The molecule has 0 amide bonds. The van der Waals surface area contributed by atoms with Gasteiger partial charge in [-0.15, -0.1) is 35.7 Å². The highest BCUT2D eigenvalue weighted by molar-refractivity contribution is 14.0. The van der Waals surface area contributed by atoms with Gasteiger partial charge in [0, 0.05) is 23.2 Å². The SMILES string of the molecule is CCN1CCCC1CN=C(N)NCCSc1ccc(C)cc1.I. The lowest BCUT2D eigenvalue weighted by atomic mass is 10.2. The minimum Gasteiger partial charge on any atom is -0.370 e. The van der Waals surface area contributed by atoms with Crippen LogP contribution in [0.2, 0.25) is 0 Å². The van der Waals surface area contributed by atoms with Crippen molar-refractivity contribution in [2.45, 2.75) is 37.6 Å². The summed E-state index contributed by atoms with van der Waals surface area (Å²) in [4.78, 5) is 8.28. The van der Waals surface area contributed by atoms with Gasteiger partial charge in [-0.25, -0.2) is 0 Å². The summed E-state index contributed by atoms with van der Waals surface area (Å²) in [6.07, 6.45) is 2.53. The van der Waals surface area contributed by atoms with E-state index in [1.54, 1.807) is 0 Å². The number of nitrogens with one attached hydrogen (secondary N) is 1. The van der Waals surface area contributed by atoms with E-state index in [1.165, 1.54) is 29.8 Å². The maximum atomic E-state index is 5.95. The Morgan fingerprint density at radius 1 is 1.39 bits per heavy atom. The molecule has 1 heterocycles. The molecule has 0 bridgehead atoms. The number of hydrogen-bond acceptors (Lipinski definition) is 3. The van der Waals surface area contributed by atoms with E-state index in [1.807, 2.05) is 11.8 Å². The molecule has 1 atom stereocenters. The molecule has 3 N–H and O–H groups in total. The Bertz CT molecular complexity index is 478. The zero-order valence-electron chi connectivity index (χ0n) is 14.1. The molecule has 1 saturated heterocycles. The topological polar surface area (TPSA) is 53.6 Å². The molecule has 1 aliphatic heterocycles. The third-order valence-corrected chi connectivity index (χ3v) is 5.09. The summed E-state index contributed by atoms with van der Waals surface area (Å²) >= 11 is 1.84. The number of thioether (sulfide) groups is 1. The molecule has 130 valence electrons. The lowest BCUT2D eigenvalue weighted by Gasteiger charge is -2.20. The van der Waals surface area contributed by atoms with Gasteiger partial charge < -0.3 is 11.1 Å². The lowest BCUT2D eigenvalue weighted by molar-refractivity contribution is 0.273. The highest BCUT2D eigenvalue weighted by Crippen LogP contribution is 2.17. The minimum absolute atomic E-state index is 0. The number of nitrogens with zero attached hydrogens (tertiary/aromatic N) is 2. The Balaban J connectivity index is 0.00000264. The Morgan fingerprint density at radius 3 is 2.83 bits per heavy atom. The van der Waals surface area contributed by atoms with Crippen molar-refractivity contribution in [3.05, 3.63) is 29.8 Å². The molecule has 1 aliphatic rings. The Labute approximate surface area is 161 Å². The third-order valence-electron chi connectivity index (χ3n) is 4.08. The van der Waals surface area contributed by atoms with E-state index in [9.17, 15) is 0 Å². The van der Waals surface area contributed by atoms with Gasteiger partial charge in [0.1, 0.15) is 0 Å². The second-order valence-corrected chi connectivity index (χ2v) is 6.91. The van der Waals surface area contributed by atoms with Gasteiger partial charge in [0.15, 0.2) is 5.96 Å². The van der Waals surface area contributed by atoms with E-state index in [-0.39, 0.29) is 24.0 Å². The number of likely N-dealkylation sites (tertiary alicyclic amines) is 1. The van der Waals surface area contributed by atoms with Gasteiger partial charge >= 0.3 is 0 Å². The first-order valence-electron chi connectivity index (χ1n) is 8.16. The van der Waals surface area contributed by atoms with Crippen molar-refractivity contribution >= 4 is 41.7 Å². The van der Waals surface area contributed by atoms with Crippen LogP contribution in [0.1, 0.15) is 25.3 Å². The maximum Gasteiger partial charge on any atom is 0.188 e. The second-order valence-electron chi connectivity index (χ2n) is 5.74. The van der Waals surface area contributed by atoms with Crippen molar-refractivity contribution in [3.63, 3.8) is 0 Å². The van der Waals surface area contributed by atoms with Crippen molar-refractivity contribution in [1.29, 1.82) is 0 Å². The number of halogens is 1. The molecule has 1 aromatic carbocycles. The number of aliphatic imine (C=N–C) groups is 1. The predicted octanol–water partition coefficient (Wildman–Crippen LogP) is 3.09. The fraction of sp³-hybridized carbons (Fsp3) is 0.588. The standard InChI is InChI=1S/C17H28N4S.HI/c1-3-21-11-4-5-15(21)13-20-17(18)19-10-12-22-16-8-6-14(2)7-9-16;/h6-9,15H,3-5,10-13H2,1-2H3,(H3,18,19,20);1H. The average molecular weight is 448 g/mol. The molecule has 0 saturated carbocycles. The number of nitrogens with two attached hydrogens (primary N) is 1. The molecule has 23 heavy (non-hydrogen) atoms. The van der Waals surface area contributed by atoms with Crippen LogP contribution in [0.3, 0.4) is 0 Å². The molecule has 4 nitrogen and oxygen atoms in total. The first kappa shape index (κ1) is 20.6. The van der Waals surface area contributed by atoms with Gasteiger partial charge in [-0.3, -0.25) is 9.89 Å². The van der Waals surface area contributed by atoms with Crippen LogP contribution in [0.25, 0.3) is 0 Å². The van der Waals surface area contributed by atoms with E-state index >= 15 is 0 Å². The molecule has 0 aromatic heterocycles. The number of aryl methyl sites for hydroxylation is 1. The van der Waals surface area contributed by atoms with Gasteiger partial charge in [-0.05, 0) is 45.0 Å². The summed E-state index contributed by atoms with van der Waals surface area (Å²) in [6.45, 7) is 8.30. The number of guanidine groups is 1. The normalized spacial score (nSPS) is 18.7. The summed E-state index contributed by atoms with van der Waals surface area (Å²) < 4.78 is 0. The van der Waals surface area contributed by atoms with E-state index in [2.05, 4.69) is 53.3 Å². The van der Waals surface area contributed by atoms with Crippen LogP contribution in [0.15, 0.2) is 34.2 Å². The largest absolute Gasteiger partial charge is 0.370 e. The quantitative estimate of drug-likeness (QED) is 0.221. The minimum atomic E-state index is 0. The summed E-state index contributed by atoms with van der Waals surface area (Å²) in [6, 6.07) is 9.19. The van der Waals surface area contributed by atoms with Gasteiger partial charge in [-0.1, -0.05) is 24.6 Å². The van der Waals surface area contributed by atoms with Crippen molar-refractivity contribution in [3.8, 4) is 0 Å². The molecule has 2 rings (SSSR count). The highest BCUT2D eigenvalue weighted by atomic mass is 127. The molecular weight excluding hydrogens is 419 g/mol. The Morgan fingerprint density at radius 2 is 2.13 bits per heavy atom. The van der Waals surface area contributed by atoms with E-state index in [0.717, 1.165) is 25.4 Å². The number of hydrogen-bond donors (Lipinski definition) is 2. The Kier molecular flexibility index (Phi) is 9.97. The third kappa shape index (κ3) is 7.30. The zero-order chi connectivity index (χ0) is 15.8. The zero-order valence-corrected chi connectivity index (χ0v) is 17.3. The summed E-state index contributed by atoms with van der Waals surface area (Å²) in [7, 11) is 0. The van der Waals surface area contributed by atoms with Crippen LogP contribution in [0.5, 0.6) is 0 Å². The average Bonchev–Trinajstić information content (AvgIpc) is 2.99. The second kappa shape index (κ2) is 11.1. The highest BCUT2D eigenvalue weighted by Gasteiger charge is 2.22. The molecule has 1 unspecified atom stereocenters. The van der Waals surface area contributed by atoms with Crippen LogP contribution in [0.4, 0.5) is 0 Å². The first-order valence-corrected chi connectivity index (χ1v) is 9.15. The summed E-state index contributed by atoms with van der Waals surface area (Å²) in [5.41, 5.74) is 7.25. The van der Waals surface area contributed by atoms with Gasteiger partial charge in [0.05, 0.1) is 6.54 Å². The van der Waals surface area contributed by atoms with E-state index < -0.39 is 0 Å². The van der Waals surface area contributed by atoms with Crippen LogP contribution in [0, 0.1) is 6.92 Å². The molecule has 1 fully saturated rings.